The van der Waals surface area contributed by atoms with E-state index in [2.05, 4.69) is 19.9 Å². The maximum atomic E-state index is 5.67. The zero-order chi connectivity index (χ0) is 12.8. The molecule has 0 spiro atoms. The van der Waals surface area contributed by atoms with Gasteiger partial charge in [-0.15, -0.1) is 11.6 Å². The van der Waals surface area contributed by atoms with E-state index in [9.17, 15) is 0 Å². The molecule has 0 bridgehead atoms. The second-order valence-corrected chi connectivity index (χ2v) is 4.45. The molecule has 3 heteroatoms. The van der Waals surface area contributed by atoms with Crippen molar-refractivity contribution < 1.29 is 9.47 Å². The van der Waals surface area contributed by atoms with Crippen LogP contribution in [0, 0.1) is 0 Å². The first-order valence-corrected chi connectivity index (χ1v) is 7.34. The van der Waals surface area contributed by atoms with Gasteiger partial charge in [0.05, 0.1) is 13.2 Å². The molecule has 0 radical (unpaired) electrons. The zero-order valence-corrected chi connectivity index (χ0v) is 12.0. The molecule has 2 nitrogen and oxygen atoms in total. The highest BCUT2D eigenvalue weighted by atomic mass is 35.5. The van der Waals surface area contributed by atoms with Crippen LogP contribution in [0.15, 0.2) is 12.2 Å². The Morgan fingerprint density at radius 2 is 1.59 bits per heavy atom. The molecule has 0 aliphatic rings. The van der Waals surface area contributed by atoms with Crippen LogP contribution >= 0.6 is 11.6 Å². The van der Waals surface area contributed by atoms with Crippen molar-refractivity contribution in [3.63, 3.8) is 0 Å². The van der Waals surface area contributed by atoms with E-state index in [-0.39, 0.29) is 6.29 Å². The molecule has 0 aromatic heterocycles. The maximum absolute atomic E-state index is 5.67. The molecule has 0 fully saturated rings. The van der Waals surface area contributed by atoms with Crippen LogP contribution in [0.2, 0.25) is 0 Å². The van der Waals surface area contributed by atoms with Gasteiger partial charge in [-0.25, -0.2) is 0 Å². The van der Waals surface area contributed by atoms with E-state index >= 15 is 0 Å². The van der Waals surface area contributed by atoms with Gasteiger partial charge in [0, 0.05) is 5.88 Å². The zero-order valence-electron chi connectivity index (χ0n) is 11.3. The molecule has 0 aromatic rings. The highest BCUT2D eigenvalue weighted by Gasteiger charge is 2.03. The molecule has 102 valence electrons. The lowest BCUT2D eigenvalue weighted by Crippen LogP contribution is -2.16. The molecule has 0 saturated carbocycles. The minimum Gasteiger partial charge on any atom is -0.349 e. The SMILES string of the molecule is CCCCOC(/C=C\CCCCl)OCCCC. The number of ether oxygens (including phenoxy) is 2. The highest BCUT2D eigenvalue weighted by molar-refractivity contribution is 6.17. The first-order valence-electron chi connectivity index (χ1n) is 6.81. The minimum atomic E-state index is -0.177. The van der Waals surface area contributed by atoms with Crippen LogP contribution in [-0.2, 0) is 9.47 Å². The predicted molar refractivity (Wildman–Crippen MR) is 74.6 cm³/mol. The van der Waals surface area contributed by atoms with Gasteiger partial charge < -0.3 is 9.47 Å². The smallest absolute Gasteiger partial charge is 0.176 e. The van der Waals surface area contributed by atoms with Crippen molar-refractivity contribution in [1.29, 1.82) is 0 Å². The van der Waals surface area contributed by atoms with Crippen molar-refractivity contribution in [2.24, 2.45) is 0 Å². The molecule has 0 atom stereocenters. The molecule has 0 heterocycles. The Bertz CT molecular complexity index is 162. The number of hydrogen-bond donors (Lipinski definition) is 0. The van der Waals surface area contributed by atoms with E-state index in [1.165, 1.54) is 0 Å². The summed E-state index contributed by atoms with van der Waals surface area (Å²) >= 11 is 5.63. The van der Waals surface area contributed by atoms with Gasteiger partial charge in [0.15, 0.2) is 6.29 Å². The Morgan fingerprint density at radius 1 is 1.00 bits per heavy atom. The summed E-state index contributed by atoms with van der Waals surface area (Å²) in [7, 11) is 0. The molecule has 0 aliphatic heterocycles. The molecule has 0 aromatic carbocycles. The van der Waals surface area contributed by atoms with Crippen molar-refractivity contribution in [3.05, 3.63) is 12.2 Å². The van der Waals surface area contributed by atoms with E-state index in [0.717, 1.165) is 51.7 Å². The summed E-state index contributed by atoms with van der Waals surface area (Å²) in [5.74, 6) is 0.711. The Labute approximate surface area is 111 Å². The fourth-order valence-corrected chi connectivity index (χ4v) is 1.40. The highest BCUT2D eigenvalue weighted by Crippen LogP contribution is 2.04. The summed E-state index contributed by atoms with van der Waals surface area (Å²) in [6, 6.07) is 0. The lowest BCUT2D eigenvalue weighted by Gasteiger charge is -2.14. The van der Waals surface area contributed by atoms with Crippen molar-refractivity contribution in [2.45, 2.75) is 58.7 Å². The van der Waals surface area contributed by atoms with Crippen LogP contribution in [0.4, 0.5) is 0 Å². The third kappa shape index (κ3) is 12.2. The summed E-state index contributed by atoms with van der Waals surface area (Å²) in [6.45, 7) is 5.86. The number of hydrogen-bond acceptors (Lipinski definition) is 2. The van der Waals surface area contributed by atoms with Crippen LogP contribution < -0.4 is 0 Å². The van der Waals surface area contributed by atoms with E-state index < -0.39 is 0 Å². The third-order valence-electron chi connectivity index (χ3n) is 2.36. The first-order chi connectivity index (χ1) is 8.35. The Morgan fingerprint density at radius 3 is 2.06 bits per heavy atom. The third-order valence-corrected chi connectivity index (χ3v) is 2.62. The van der Waals surface area contributed by atoms with Gasteiger partial charge >= 0.3 is 0 Å². The average Bonchev–Trinajstić information content (AvgIpc) is 2.34. The van der Waals surface area contributed by atoms with E-state index in [0.29, 0.717) is 5.88 Å². The fourth-order valence-electron chi connectivity index (χ4n) is 1.25. The van der Waals surface area contributed by atoms with E-state index in [4.69, 9.17) is 21.1 Å². The molecular formula is C14H27ClO2. The molecular weight excluding hydrogens is 236 g/mol. The number of alkyl halides is 1. The van der Waals surface area contributed by atoms with Gasteiger partial charge in [-0.3, -0.25) is 0 Å². The van der Waals surface area contributed by atoms with Gasteiger partial charge in [-0.1, -0.05) is 32.8 Å². The predicted octanol–water partition coefficient (Wildman–Crippen LogP) is 4.52. The van der Waals surface area contributed by atoms with E-state index in [1.54, 1.807) is 0 Å². The van der Waals surface area contributed by atoms with Crippen LogP contribution in [0.1, 0.15) is 52.4 Å². The Hall–Kier alpha value is -0.0500. The minimum absolute atomic E-state index is 0.177. The molecule has 0 N–H and O–H groups in total. The van der Waals surface area contributed by atoms with Crippen molar-refractivity contribution in [3.8, 4) is 0 Å². The summed E-state index contributed by atoms with van der Waals surface area (Å²) in [5.41, 5.74) is 0. The summed E-state index contributed by atoms with van der Waals surface area (Å²) in [4.78, 5) is 0. The lowest BCUT2D eigenvalue weighted by molar-refractivity contribution is -0.112. The second-order valence-electron chi connectivity index (χ2n) is 4.08. The largest absolute Gasteiger partial charge is 0.349 e. The topological polar surface area (TPSA) is 18.5 Å². The Balaban J connectivity index is 3.78. The molecule has 0 amide bonds. The quantitative estimate of drug-likeness (QED) is 0.223. The average molecular weight is 263 g/mol. The Kier molecular flexibility index (Phi) is 14.0. The molecule has 0 saturated heterocycles. The number of allylic oxidation sites excluding steroid dienone is 1. The van der Waals surface area contributed by atoms with Crippen LogP contribution in [0.3, 0.4) is 0 Å². The van der Waals surface area contributed by atoms with Gasteiger partial charge in [-0.05, 0) is 31.8 Å². The number of halogens is 1. The normalized spacial score (nSPS) is 11.8. The van der Waals surface area contributed by atoms with Crippen LogP contribution in [-0.4, -0.2) is 25.4 Å². The molecule has 0 rings (SSSR count). The summed E-state index contributed by atoms with van der Waals surface area (Å²) in [5, 5.41) is 0. The van der Waals surface area contributed by atoms with Gasteiger partial charge in [0.1, 0.15) is 0 Å². The van der Waals surface area contributed by atoms with Crippen LogP contribution in [0.5, 0.6) is 0 Å². The first kappa shape index (κ1) is 16.9. The number of unbranched alkanes of at least 4 members (excludes halogenated alkanes) is 3. The van der Waals surface area contributed by atoms with Gasteiger partial charge in [0.25, 0.3) is 0 Å². The fraction of sp³-hybridized carbons (Fsp3) is 0.857. The summed E-state index contributed by atoms with van der Waals surface area (Å²) in [6.07, 6.45) is 10.4. The lowest BCUT2D eigenvalue weighted by atomic mass is 10.3. The molecule has 17 heavy (non-hydrogen) atoms. The second kappa shape index (κ2) is 14.0. The van der Waals surface area contributed by atoms with Crippen molar-refractivity contribution in [2.75, 3.05) is 19.1 Å². The van der Waals surface area contributed by atoms with Crippen molar-refractivity contribution in [1.82, 2.24) is 0 Å². The monoisotopic (exact) mass is 262 g/mol. The van der Waals surface area contributed by atoms with Crippen LogP contribution in [0.25, 0.3) is 0 Å². The van der Waals surface area contributed by atoms with Crippen molar-refractivity contribution >= 4 is 11.6 Å². The molecule has 0 unspecified atom stereocenters. The maximum Gasteiger partial charge on any atom is 0.176 e. The van der Waals surface area contributed by atoms with E-state index in [1.807, 2.05) is 6.08 Å². The van der Waals surface area contributed by atoms with Gasteiger partial charge in [-0.2, -0.15) is 0 Å². The number of rotatable bonds is 12. The molecule has 0 aliphatic carbocycles. The summed E-state index contributed by atoms with van der Waals surface area (Å²) < 4.78 is 11.3. The standard InChI is InChI=1S/C14H27ClO2/c1-3-5-12-16-14(17-13-6-4-2)10-8-7-9-11-15/h8,10,14H,3-7,9,11-13H2,1-2H3/b10-8-. The van der Waals surface area contributed by atoms with Gasteiger partial charge in [0.2, 0.25) is 0 Å².